The molecule has 1 aliphatic heterocycles. The van der Waals surface area contributed by atoms with Crippen LogP contribution in [0.3, 0.4) is 0 Å². The molecule has 0 aromatic carbocycles. The molecule has 2 rings (SSSR count). The fraction of sp³-hybridized carbons (Fsp3) is 0.833. The quantitative estimate of drug-likeness (QED) is 0.853. The molecule has 1 saturated heterocycles. The number of rotatable bonds is 4. The van der Waals surface area contributed by atoms with Crippen LogP contribution >= 0.6 is 0 Å². The summed E-state index contributed by atoms with van der Waals surface area (Å²) in [6.07, 6.45) is 0. The molecule has 0 bridgehead atoms. The average Bonchev–Trinajstić information content (AvgIpc) is 2.61. The van der Waals surface area contributed by atoms with Crippen molar-refractivity contribution in [3.63, 3.8) is 0 Å². The van der Waals surface area contributed by atoms with E-state index >= 15 is 0 Å². The first-order valence-corrected chi connectivity index (χ1v) is 6.28. The monoisotopic (exact) mass is 238 g/mol. The first kappa shape index (κ1) is 12.5. The third-order valence-electron chi connectivity index (χ3n) is 3.13. The van der Waals surface area contributed by atoms with E-state index in [-0.39, 0.29) is 5.41 Å². The van der Waals surface area contributed by atoms with Crippen LogP contribution in [0.2, 0.25) is 0 Å². The van der Waals surface area contributed by atoms with Crippen molar-refractivity contribution < 1.29 is 4.42 Å². The van der Waals surface area contributed by atoms with E-state index in [2.05, 4.69) is 48.1 Å². The first-order chi connectivity index (χ1) is 8.00. The lowest BCUT2D eigenvalue weighted by Gasteiger charge is -2.36. The highest BCUT2D eigenvalue weighted by molar-refractivity contribution is 4.96. The SMILES string of the molecule is CCN(Cc1nnc(C(C)(C)C)o1)C1CNC1. The zero-order valence-electron chi connectivity index (χ0n) is 11.2. The van der Waals surface area contributed by atoms with Gasteiger partial charge in [0.1, 0.15) is 0 Å². The summed E-state index contributed by atoms with van der Waals surface area (Å²) in [6.45, 7) is 12.3. The molecule has 0 unspecified atom stereocenters. The summed E-state index contributed by atoms with van der Waals surface area (Å²) < 4.78 is 5.71. The second-order valence-electron chi connectivity index (χ2n) is 5.63. The van der Waals surface area contributed by atoms with Gasteiger partial charge < -0.3 is 9.73 Å². The number of likely N-dealkylation sites (N-methyl/N-ethyl adjacent to an activating group) is 1. The van der Waals surface area contributed by atoms with Gasteiger partial charge in [-0.2, -0.15) is 0 Å². The standard InChI is InChI=1S/C12H22N4O/c1-5-16(9-6-13-7-9)8-10-14-15-11(17-10)12(2,3)4/h9,13H,5-8H2,1-4H3. The van der Waals surface area contributed by atoms with E-state index in [0.717, 1.165) is 38.0 Å². The Morgan fingerprint density at radius 3 is 2.47 bits per heavy atom. The molecule has 5 nitrogen and oxygen atoms in total. The van der Waals surface area contributed by atoms with E-state index < -0.39 is 0 Å². The molecule has 0 amide bonds. The maximum atomic E-state index is 5.71. The van der Waals surface area contributed by atoms with Crippen LogP contribution < -0.4 is 5.32 Å². The smallest absolute Gasteiger partial charge is 0.230 e. The van der Waals surface area contributed by atoms with Crippen molar-refractivity contribution in [3.05, 3.63) is 11.8 Å². The highest BCUT2D eigenvalue weighted by Crippen LogP contribution is 2.21. The molecule has 5 heteroatoms. The Morgan fingerprint density at radius 1 is 1.35 bits per heavy atom. The van der Waals surface area contributed by atoms with Gasteiger partial charge >= 0.3 is 0 Å². The number of hydrogen-bond donors (Lipinski definition) is 1. The Hall–Kier alpha value is -0.940. The van der Waals surface area contributed by atoms with Gasteiger partial charge in [0.05, 0.1) is 6.54 Å². The highest BCUT2D eigenvalue weighted by Gasteiger charge is 2.26. The summed E-state index contributed by atoms with van der Waals surface area (Å²) in [6, 6.07) is 0.616. The average molecular weight is 238 g/mol. The molecule has 0 radical (unpaired) electrons. The largest absolute Gasteiger partial charge is 0.423 e. The van der Waals surface area contributed by atoms with Crippen molar-refractivity contribution in [2.45, 2.75) is 45.7 Å². The normalized spacial score (nSPS) is 17.5. The van der Waals surface area contributed by atoms with Crippen LogP contribution in [0.15, 0.2) is 4.42 Å². The summed E-state index contributed by atoms with van der Waals surface area (Å²) in [5.74, 6) is 1.44. The van der Waals surface area contributed by atoms with E-state index in [1.807, 2.05) is 0 Å². The van der Waals surface area contributed by atoms with Crippen molar-refractivity contribution in [1.82, 2.24) is 20.4 Å². The van der Waals surface area contributed by atoms with E-state index in [1.165, 1.54) is 0 Å². The lowest BCUT2D eigenvalue weighted by Crippen LogP contribution is -2.56. The van der Waals surface area contributed by atoms with Gasteiger partial charge in [-0.05, 0) is 6.54 Å². The van der Waals surface area contributed by atoms with Crippen molar-refractivity contribution in [1.29, 1.82) is 0 Å². The molecule has 1 aliphatic rings. The summed E-state index contributed by atoms with van der Waals surface area (Å²) in [4.78, 5) is 2.37. The number of nitrogens with one attached hydrogen (secondary N) is 1. The minimum absolute atomic E-state index is 0.0691. The molecule has 1 fully saturated rings. The summed E-state index contributed by atoms with van der Waals surface area (Å²) in [7, 11) is 0. The van der Waals surface area contributed by atoms with Crippen molar-refractivity contribution in [2.24, 2.45) is 0 Å². The number of nitrogens with zero attached hydrogens (tertiary/aromatic N) is 3. The molecule has 1 N–H and O–H groups in total. The van der Waals surface area contributed by atoms with Crippen molar-refractivity contribution in [2.75, 3.05) is 19.6 Å². The van der Waals surface area contributed by atoms with Crippen LogP contribution in [-0.4, -0.2) is 40.8 Å². The topological polar surface area (TPSA) is 54.2 Å². The molecular weight excluding hydrogens is 216 g/mol. The first-order valence-electron chi connectivity index (χ1n) is 6.28. The second kappa shape index (κ2) is 4.74. The van der Waals surface area contributed by atoms with Gasteiger partial charge in [0.25, 0.3) is 0 Å². The molecule has 17 heavy (non-hydrogen) atoms. The van der Waals surface area contributed by atoms with Crippen molar-refractivity contribution in [3.8, 4) is 0 Å². The van der Waals surface area contributed by atoms with Gasteiger partial charge in [0, 0.05) is 24.5 Å². The second-order valence-corrected chi connectivity index (χ2v) is 5.63. The van der Waals surface area contributed by atoms with Crippen molar-refractivity contribution >= 4 is 0 Å². The third kappa shape index (κ3) is 2.84. The molecule has 96 valence electrons. The van der Waals surface area contributed by atoms with Gasteiger partial charge in [-0.1, -0.05) is 27.7 Å². The fourth-order valence-corrected chi connectivity index (χ4v) is 1.83. The molecule has 1 aromatic rings. The van der Waals surface area contributed by atoms with E-state index in [4.69, 9.17) is 4.42 Å². The molecule has 0 saturated carbocycles. The molecule has 1 aromatic heterocycles. The minimum Gasteiger partial charge on any atom is -0.423 e. The Kier molecular flexibility index (Phi) is 3.49. The Morgan fingerprint density at radius 2 is 2.06 bits per heavy atom. The molecule has 0 spiro atoms. The van der Waals surface area contributed by atoms with E-state index in [1.54, 1.807) is 0 Å². The Balaban J connectivity index is 2.00. The number of hydrogen-bond acceptors (Lipinski definition) is 5. The zero-order valence-corrected chi connectivity index (χ0v) is 11.2. The van der Waals surface area contributed by atoms with E-state index in [0.29, 0.717) is 6.04 Å². The van der Waals surface area contributed by atoms with Crippen LogP contribution in [0.1, 0.15) is 39.5 Å². The predicted octanol–water partition coefficient (Wildman–Crippen LogP) is 1.16. The Bertz CT molecular complexity index is 365. The third-order valence-corrected chi connectivity index (χ3v) is 3.13. The fourth-order valence-electron chi connectivity index (χ4n) is 1.83. The zero-order chi connectivity index (χ0) is 12.5. The Labute approximate surface area is 103 Å². The number of aromatic nitrogens is 2. The maximum Gasteiger partial charge on any atom is 0.230 e. The summed E-state index contributed by atoms with van der Waals surface area (Å²) in [5, 5.41) is 11.5. The highest BCUT2D eigenvalue weighted by atomic mass is 16.4. The van der Waals surface area contributed by atoms with Crippen LogP contribution in [-0.2, 0) is 12.0 Å². The molecular formula is C12H22N4O. The molecule has 0 aliphatic carbocycles. The van der Waals surface area contributed by atoms with Crippen LogP contribution in [0.4, 0.5) is 0 Å². The lowest BCUT2D eigenvalue weighted by atomic mass is 9.97. The predicted molar refractivity (Wildman–Crippen MR) is 65.7 cm³/mol. The maximum absolute atomic E-state index is 5.71. The van der Waals surface area contributed by atoms with Crippen LogP contribution in [0.5, 0.6) is 0 Å². The molecule has 0 atom stereocenters. The summed E-state index contributed by atoms with van der Waals surface area (Å²) >= 11 is 0. The van der Waals surface area contributed by atoms with Gasteiger partial charge in [-0.25, -0.2) is 0 Å². The van der Waals surface area contributed by atoms with E-state index in [9.17, 15) is 0 Å². The van der Waals surface area contributed by atoms with Gasteiger partial charge in [0.15, 0.2) is 0 Å². The van der Waals surface area contributed by atoms with Crippen LogP contribution in [0, 0.1) is 0 Å². The van der Waals surface area contributed by atoms with Gasteiger partial charge in [0.2, 0.25) is 11.8 Å². The van der Waals surface area contributed by atoms with Gasteiger partial charge in [-0.3, -0.25) is 4.90 Å². The van der Waals surface area contributed by atoms with Crippen LogP contribution in [0.25, 0.3) is 0 Å². The minimum atomic E-state index is -0.0691. The lowest BCUT2D eigenvalue weighted by molar-refractivity contribution is 0.131. The van der Waals surface area contributed by atoms with Gasteiger partial charge in [-0.15, -0.1) is 10.2 Å². The summed E-state index contributed by atoms with van der Waals surface area (Å²) in [5.41, 5.74) is -0.0691. The molecule has 2 heterocycles.